The van der Waals surface area contributed by atoms with E-state index in [0.717, 1.165) is 13.0 Å². The second-order valence-electron chi connectivity index (χ2n) is 4.55. The van der Waals surface area contributed by atoms with E-state index in [2.05, 4.69) is 0 Å². The molecule has 0 radical (unpaired) electrons. The summed E-state index contributed by atoms with van der Waals surface area (Å²) in [6.07, 6.45) is 0.858. The largest absolute Gasteiger partial charge is 0.385 e. The van der Waals surface area contributed by atoms with E-state index in [1.807, 2.05) is 4.90 Å². The van der Waals surface area contributed by atoms with Gasteiger partial charge in [0.05, 0.1) is 13.2 Å². The molecule has 0 atom stereocenters. The monoisotopic (exact) mass is 283 g/mol. The Hall–Kier alpha value is -1.30. The van der Waals surface area contributed by atoms with Gasteiger partial charge < -0.3 is 9.47 Å². The van der Waals surface area contributed by atoms with Gasteiger partial charge >= 0.3 is 0 Å². The molecule has 112 valence electrons. The van der Waals surface area contributed by atoms with Crippen molar-refractivity contribution in [2.75, 3.05) is 47.1 Å². The summed E-state index contributed by atoms with van der Waals surface area (Å²) in [5.41, 5.74) is 0.528. The molecule has 1 aromatic rings. The highest BCUT2D eigenvalue weighted by molar-refractivity contribution is 5.97. The van der Waals surface area contributed by atoms with Crippen molar-refractivity contribution < 1.29 is 18.7 Å². The average Bonchev–Trinajstić information content (AvgIpc) is 2.45. The van der Waals surface area contributed by atoms with E-state index in [-0.39, 0.29) is 11.6 Å². The van der Waals surface area contributed by atoms with E-state index in [9.17, 15) is 9.18 Å². The fourth-order valence-corrected chi connectivity index (χ4v) is 1.85. The highest BCUT2D eigenvalue weighted by atomic mass is 19.1. The van der Waals surface area contributed by atoms with Crippen molar-refractivity contribution in [2.45, 2.75) is 6.42 Å². The second kappa shape index (κ2) is 9.58. The van der Waals surface area contributed by atoms with Gasteiger partial charge in [-0.25, -0.2) is 4.39 Å². The molecule has 0 amide bonds. The molecule has 0 aliphatic carbocycles. The van der Waals surface area contributed by atoms with Crippen molar-refractivity contribution in [1.82, 2.24) is 4.90 Å². The predicted octanol–water partition coefficient (Wildman–Crippen LogP) is 1.99. The zero-order valence-corrected chi connectivity index (χ0v) is 12.1. The number of carbonyl (C=O) groups is 1. The third kappa shape index (κ3) is 6.23. The number of ether oxygens (including phenoxy) is 2. The Morgan fingerprint density at radius 2 is 1.75 bits per heavy atom. The average molecular weight is 283 g/mol. The van der Waals surface area contributed by atoms with Gasteiger partial charge in [-0.1, -0.05) is 0 Å². The summed E-state index contributed by atoms with van der Waals surface area (Å²) in [4.78, 5) is 14.1. The molecule has 0 saturated heterocycles. The summed E-state index contributed by atoms with van der Waals surface area (Å²) >= 11 is 0. The first kappa shape index (κ1) is 16.8. The maximum atomic E-state index is 12.8. The lowest BCUT2D eigenvalue weighted by Gasteiger charge is -2.21. The lowest BCUT2D eigenvalue weighted by molar-refractivity contribution is 0.0877. The Kier molecular flexibility index (Phi) is 8.02. The van der Waals surface area contributed by atoms with Crippen molar-refractivity contribution in [3.05, 3.63) is 35.6 Å². The first-order valence-electron chi connectivity index (χ1n) is 6.66. The number of hydrogen-bond acceptors (Lipinski definition) is 4. The third-order valence-electron chi connectivity index (χ3n) is 2.97. The number of rotatable bonds is 10. The van der Waals surface area contributed by atoms with Crippen LogP contribution in [0.25, 0.3) is 0 Å². The van der Waals surface area contributed by atoms with Gasteiger partial charge in [0.15, 0.2) is 5.78 Å². The van der Waals surface area contributed by atoms with Crippen LogP contribution in [-0.4, -0.2) is 57.8 Å². The van der Waals surface area contributed by atoms with Gasteiger partial charge in [-0.2, -0.15) is 0 Å². The topological polar surface area (TPSA) is 38.8 Å². The number of Topliss-reactive ketones (excluding diaryl/α,β-unsaturated/α-hetero) is 1. The van der Waals surface area contributed by atoms with Gasteiger partial charge in [-0.15, -0.1) is 0 Å². The number of halogens is 1. The Balaban J connectivity index is 2.53. The number of carbonyl (C=O) groups excluding carboxylic acids is 1. The zero-order valence-electron chi connectivity index (χ0n) is 12.1. The van der Waals surface area contributed by atoms with E-state index in [0.29, 0.717) is 31.9 Å². The minimum atomic E-state index is -0.335. The predicted molar refractivity (Wildman–Crippen MR) is 75.5 cm³/mol. The van der Waals surface area contributed by atoms with Gasteiger partial charge in [-0.05, 0) is 30.7 Å². The number of methoxy groups -OCH3 is 2. The van der Waals surface area contributed by atoms with Crippen molar-refractivity contribution in [3.63, 3.8) is 0 Å². The first-order chi connectivity index (χ1) is 9.67. The Morgan fingerprint density at radius 1 is 1.10 bits per heavy atom. The maximum absolute atomic E-state index is 12.8. The molecule has 0 N–H and O–H groups in total. The molecule has 4 nitrogen and oxygen atoms in total. The van der Waals surface area contributed by atoms with E-state index in [1.165, 1.54) is 24.3 Å². The fourth-order valence-electron chi connectivity index (χ4n) is 1.85. The van der Waals surface area contributed by atoms with E-state index >= 15 is 0 Å². The lowest BCUT2D eigenvalue weighted by atomic mass is 10.1. The van der Waals surface area contributed by atoms with Crippen LogP contribution in [0.4, 0.5) is 4.39 Å². The Labute approximate surface area is 119 Å². The minimum Gasteiger partial charge on any atom is -0.385 e. The molecule has 5 heteroatoms. The van der Waals surface area contributed by atoms with Gasteiger partial charge in [0.25, 0.3) is 0 Å². The van der Waals surface area contributed by atoms with Crippen molar-refractivity contribution in [2.24, 2.45) is 0 Å². The maximum Gasteiger partial charge on any atom is 0.176 e. The first-order valence-corrected chi connectivity index (χ1v) is 6.66. The van der Waals surface area contributed by atoms with Gasteiger partial charge in [0.2, 0.25) is 0 Å². The van der Waals surface area contributed by atoms with Crippen LogP contribution in [0.5, 0.6) is 0 Å². The zero-order chi connectivity index (χ0) is 14.8. The molecule has 20 heavy (non-hydrogen) atoms. The fraction of sp³-hybridized carbons (Fsp3) is 0.533. The van der Waals surface area contributed by atoms with Gasteiger partial charge in [0.1, 0.15) is 5.82 Å². The van der Waals surface area contributed by atoms with Crippen LogP contribution in [-0.2, 0) is 9.47 Å². The molecule has 0 unspecified atom stereocenters. The van der Waals surface area contributed by atoms with Crippen LogP contribution in [0.15, 0.2) is 24.3 Å². The number of hydrogen-bond donors (Lipinski definition) is 0. The molecule has 0 aliphatic rings. The minimum absolute atomic E-state index is 0.0153. The third-order valence-corrected chi connectivity index (χ3v) is 2.97. The summed E-state index contributed by atoms with van der Waals surface area (Å²) < 4.78 is 22.9. The van der Waals surface area contributed by atoms with E-state index in [4.69, 9.17) is 9.47 Å². The molecule has 0 saturated carbocycles. The van der Waals surface area contributed by atoms with Crippen LogP contribution < -0.4 is 0 Å². The summed E-state index contributed by atoms with van der Waals surface area (Å²) in [7, 11) is 3.29. The lowest BCUT2D eigenvalue weighted by Crippen LogP contribution is -2.34. The molecule has 0 aliphatic heterocycles. The standard InChI is InChI=1S/C15H22FNO3/c1-19-10-3-8-17(9-11-20-2)12-15(18)13-4-6-14(16)7-5-13/h4-7H,3,8-12H2,1-2H3. The molecule has 0 fully saturated rings. The number of benzene rings is 1. The van der Waals surface area contributed by atoms with Crippen LogP contribution >= 0.6 is 0 Å². The number of ketones is 1. The SMILES string of the molecule is COCCCN(CCOC)CC(=O)c1ccc(F)cc1. The molecule has 0 aromatic heterocycles. The summed E-state index contributed by atoms with van der Waals surface area (Å²) in [6, 6.07) is 5.64. The van der Waals surface area contributed by atoms with E-state index in [1.54, 1.807) is 14.2 Å². The van der Waals surface area contributed by atoms with Crippen LogP contribution in [0.2, 0.25) is 0 Å². The quantitative estimate of drug-likeness (QED) is 0.486. The normalized spacial score (nSPS) is 11.0. The molecular weight excluding hydrogens is 261 g/mol. The Bertz CT molecular complexity index is 395. The second-order valence-corrected chi connectivity index (χ2v) is 4.55. The molecular formula is C15H22FNO3. The molecule has 1 rings (SSSR count). The van der Waals surface area contributed by atoms with Crippen molar-refractivity contribution >= 4 is 5.78 Å². The Morgan fingerprint density at radius 3 is 2.35 bits per heavy atom. The van der Waals surface area contributed by atoms with Crippen molar-refractivity contribution in [1.29, 1.82) is 0 Å². The van der Waals surface area contributed by atoms with Crippen LogP contribution in [0, 0.1) is 5.82 Å². The molecule has 0 spiro atoms. The highest BCUT2D eigenvalue weighted by Crippen LogP contribution is 2.05. The van der Waals surface area contributed by atoms with E-state index < -0.39 is 0 Å². The van der Waals surface area contributed by atoms with Crippen LogP contribution in [0.3, 0.4) is 0 Å². The summed E-state index contributed by atoms with van der Waals surface area (Å²) in [6.45, 7) is 2.99. The molecule has 0 bridgehead atoms. The van der Waals surface area contributed by atoms with Crippen LogP contribution in [0.1, 0.15) is 16.8 Å². The summed E-state index contributed by atoms with van der Waals surface area (Å²) in [5.74, 6) is -0.351. The van der Waals surface area contributed by atoms with Gasteiger partial charge in [0, 0.05) is 39.5 Å². The highest BCUT2D eigenvalue weighted by Gasteiger charge is 2.12. The number of nitrogens with zero attached hydrogens (tertiary/aromatic N) is 1. The smallest absolute Gasteiger partial charge is 0.176 e. The molecule has 1 aromatic carbocycles. The molecule has 0 heterocycles. The van der Waals surface area contributed by atoms with Gasteiger partial charge in [-0.3, -0.25) is 9.69 Å². The van der Waals surface area contributed by atoms with Crippen molar-refractivity contribution in [3.8, 4) is 0 Å². The summed E-state index contributed by atoms with van der Waals surface area (Å²) in [5, 5.41) is 0.